The van der Waals surface area contributed by atoms with Gasteiger partial charge < -0.3 is 23.8 Å². The van der Waals surface area contributed by atoms with E-state index in [1.165, 1.54) is 6.42 Å². The molecule has 4 nitrogen and oxygen atoms in total. The Balaban J connectivity index is 0. The van der Waals surface area contributed by atoms with Crippen molar-refractivity contribution < 1.29 is 0 Å². The first kappa shape index (κ1) is 16.3. The first-order chi connectivity index (χ1) is 5.37. The molecule has 0 aromatic rings. The van der Waals surface area contributed by atoms with Crippen LogP contribution in [0.5, 0.6) is 0 Å². The first-order valence-corrected chi connectivity index (χ1v) is 4.83. The summed E-state index contributed by atoms with van der Waals surface area (Å²) in [6.07, 6.45) is 3.44. The van der Waals surface area contributed by atoms with Crippen LogP contribution in [0.1, 0.15) is 40.0 Å². The maximum Gasteiger partial charge on any atom is 0.00495 e. The second-order valence-corrected chi connectivity index (χ2v) is 5.52. The Morgan fingerprint density at radius 2 is 1.64 bits per heavy atom. The molecule has 4 heteroatoms. The number of hydrogen-bond donors (Lipinski definition) is 4. The van der Waals surface area contributed by atoms with Gasteiger partial charge >= 0.3 is 0 Å². The molecule has 0 aromatic heterocycles. The predicted molar refractivity (Wildman–Crippen MR) is 62.8 cm³/mol. The van der Waals surface area contributed by atoms with E-state index < -0.39 is 0 Å². The topological polar surface area (TPSA) is 122 Å². The molecule has 1 fully saturated rings. The summed E-state index contributed by atoms with van der Waals surface area (Å²) in [5, 5.41) is 0. The fourth-order valence-corrected chi connectivity index (χ4v) is 2.87. The summed E-state index contributed by atoms with van der Waals surface area (Å²) in [5.74, 6) is 0. The van der Waals surface area contributed by atoms with Gasteiger partial charge in [0.2, 0.25) is 0 Å². The fourth-order valence-electron chi connectivity index (χ4n) is 2.87. The van der Waals surface area contributed by atoms with Crippen LogP contribution in [0, 0.1) is 10.8 Å². The lowest BCUT2D eigenvalue weighted by molar-refractivity contribution is 0.0904. The molecule has 0 saturated heterocycles. The van der Waals surface area contributed by atoms with E-state index >= 15 is 0 Å². The zero-order valence-electron chi connectivity index (χ0n) is 9.97. The molecule has 0 aliphatic heterocycles. The third kappa shape index (κ3) is 3.92. The van der Waals surface area contributed by atoms with Gasteiger partial charge in [-0.05, 0) is 36.6 Å². The lowest BCUT2D eigenvalue weighted by Gasteiger charge is -2.45. The summed E-state index contributed by atoms with van der Waals surface area (Å²) < 4.78 is 0. The third-order valence-electron chi connectivity index (χ3n) is 2.97. The standard InChI is InChI=1S/C10H22N2.2H3N/c1-9(2)4-8(12)5-10(3,6-9)7-11;;/h8H,4-7,11-12H2,1-3H3;2*1H3. The van der Waals surface area contributed by atoms with Crippen LogP contribution in [0.4, 0.5) is 0 Å². The van der Waals surface area contributed by atoms with Crippen LogP contribution in [0.15, 0.2) is 0 Å². The lowest BCUT2D eigenvalue weighted by Crippen LogP contribution is -2.45. The summed E-state index contributed by atoms with van der Waals surface area (Å²) in [5.41, 5.74) is 12.4. The summed E-state index contributed by atoms with van der Waals surface area (Å²) in [4.78, 5) is 0. The van der Waals surface area contributed by atoms with Crippen molar-refractivity contribution in [2.75, 3.05) is 6.54 Å². The normalized spacial score (nSPS) is 35.4. The lowest BCUT2D eigenvalue weighted by atomic mass is 9.63. The zero-order chi connectivity index (χ0) is 9.41. The smallest absolute Gasteiger partial charge is 0.00495 e. The van der Waals surface area contributed by atoms with Crippen LogP contribution in [0.2, 0.25) is 0 Å². The highest BCUT2D eigenvalue weighted by molar-refractivity contribution is 4.93. The Hall–Kier alpha value is -0.160. The molecule has 1 rings (SSSR count). The highest BCUT2D eigenvalue weighted by atomic mass is 14.7. The van der Waals surface area contributed by atoms with Crippen LogP contribution < -0.4 is 23.8 Å². The molecule has 14 heavy (non-hydrogen) atoms. The van der Waals surface area contributed by atoms with Crippen LogP contribution in [0.3, 0.4) is 0 Å². The minimum absolute atomic E-state index is 0. The Morgan fingerprint density at radius 3 is 2.00 bits per heavy atom. The molecule has 10 N–H and O–H groups in total. The van der Waals surface area contributed by atoms with Gasteiger partial charge in [-0.15, -0.1) is 0 Å². The summed E-state index contributed by atoms with van der Waals surface area (Å²) in [6.45, 7) is 7.61. The average Bonchev–Trinajstić information content (AvgIpc) is 1.82. The van der Waals surface area contributed by atoms with Gasteiger partial charge in [0.15, 0.2) is 0 Å². The van der Waals surface area contributed by atoms with Crippen molar-refractivity contribution in [1.82, 2.24) is 12.3 Å². The van der Waals surface area contributed by atoms with Gasteiger partial charge in [-0.25, -0.2) is 0 Å². The van der Waals surface area contributed by atoms with Crippen LogP contribution >= 0.6 is 0 Å². The van der Waals surface area contributed by atoms with Gasteiger partial charge in [-0.3, -0.25) is 0 Å². The van der Waals surface area contributed by atoms with Crippen molar-refractivity contribution in [1.29, 1.82) is 0 Å². The molecule has 0 heterocycles. The molecule has 1 aliphatic rings. The molecule has 2 unspecified atom stereocenters. The monoisotopic (exact) mass is 204 g/mol. The summed E-state index contributed by atoms with van der Waals surface area (Å²) >= 11 is 0. The van der Waals surface area contributed by atoms with Crippen LogP contribution in [-0.4, -0.2) is 12.6 Å². The third-order valence-corrected chi connectivity index (χ3v) is 2.97. The van der Waals surface area contributed by atoms with Crippen LogP contribution in [-0.2, 0) is 0 Å². The van der Waals surface area contributed by atoms with E-state index in [1.807, 2.05) is 0 Å². The summed E-state index contributed by atoms with van der Waals surface area (Å²) in [7, 11) is 0. The van der Waals surface area contributed by atoms with E-state index in [1.54, 1.807) is 0 Å². The Bertz CT molecular complexity index is 170. The van der Waals surface area contributed by atoms with Crippen molar-refractivity contribution in [3.05, 3.63) is 0 Å². The van der Waals surface area contributed by atoms with Gasteiger partial charge in [0.1, 0.15) is 0 Å². The second-order valence-electron chi connectivity index (χ2n) is 5.52. The molecule has 1 saturated carbocycles. The molecule has 0 spiro atoms. The van der Waals surface area contributed by atoms with Gasteiger partial charge in [0.05, 0.1) is 0 Å². The Labute approximate surface area is 88.0 Å². The van der Waals surface area contributed by atoms with Gasteiger partial charge in [-0.2, -0.15) is 0 Å². The van der Waals surface area contributed by atoms with E-state index in [0.717, 1.165) is 19.4 Å². The van der Waals surface area contributed by atoms with E-state index in [4.69, 9.17) is 11.5 Å². The minimum atomic E-state index is 0. The van der Waals surface area contributed by atoms with Crippen molar-refractivity contribution in [2.45, 2.75) is 46.1 Å². The van der Waals surface area contributed by atoms with Crippen LogP contribution in [0.25, 0.3) is 0 Å². The SMILES string of the molecule is CC1(C)CC(N)CC(C)(CN)C1.N.N. The van der Waals surface area contributed by atoms with Crippen molar-refractivity contribution in [2.24, 2.45) is 22.3 Å². The van der Waals surface area contributed by atoms with Crippen molar-refractivity contribution in [3.8, 4) is 0 Å². The molecular formula is C10H28N4. The highest BCUT2D eigenvalue weighted by Gasteiger charge is 2.38. The van der Waals surface area contributed by atoms with Gasteiger partial charge in [-0.1, -0.05) is 20.8 Å². The van der Waals surface area contributed by atoms with Gasteiger partial charge in [0.25, 0.3) is 0 Å². The first-order valence-electron chi connectivity index (χ1n) is 4.83. The predicted octanol–water partition coefficient (Wildman–Crippen LogP) is 1.81. The molecule has 0 aromatic carbocycles. The maximum atomic E-state index is 6.01. The quantitative estimate of drug-likeness (QED) is 0.520. The number of hydrogen-bond acceptors (Lipinski definition) is 4. The number of nitrogens with two attached hydrogens (primary N) is 2. The van der Waals surface area contributed by atoms with Crippen molar-refractivity contribution >= 4 is 0 Å². The molecule has 88 valence electrons. The molecular weight excluding hydrogens is 176 g/mol. The van der Waals surface area contributed by atoms with E-state index in [-0.39, 0.29) is 17.7 Å². The van der Waals surface area contributed by atoms with E-state index in [9.17, 15) is 0 Å². The molecule has 1 aliphatic carbocycles. The average molecular weight is 204 g/mol. The minimum Gasteiger partial charge on any atom is -0.344 e. The molecule has 0 radical (unpaired) electrons. The fraction of sp³-hybridized carbons (Fsp3) is 1.00. The maximum absolute atomic E-state index is 6.01. The molecule has 0 bridgehead atoms. The van der Waals surface area contributed by atoms with E-state index in [0.29, 0.717) is 11.5 Å². The number of rotatable bonds is 1. The Kier molecular flexibility index (Phi) is 5.90. The van der Waals surface area contributed by atoms with Gasteiger partial charge in [0, 0.05) is 6.04 Å². The van der Waals surface area contributed by atoms with Crippen molar-refractivity contribution in [3.63, 3.8) is 0 Å². The second kappa shape index (κ2) is 5.07. The zero-order valence-corrected chi connectivity index (χ0v) is 9.97. The summed E-state index contributed by atoms with van der Waals surface area (Å²) in [6, 6.07) is 0.349. The largest absolute Gasteiger partial charge is 0.344 e. The molecule has 0 amide bonds. The Morgan fingerprint density at radius 1 is 1.14 bits per heavy atom. The molecule has 2 atom stereocenters. The van der Waals surface area contributed by atoms with E-state index in [2.05, 4.69) is 20.8 Å². The highest BCUT2D eigenvalue weighted by Crippen LogP contribution is 2.44.